The maximum Gasteiger partial charge on any atom is 0.213 e. The van der Waals surface area contributed by atoms with E-state index in [1.54, 1.807) is 0 Å². The van der Waals surface area contributed by atoms with Gasteiger partial charge in [-0.3, -0.25) is 13.7 Å². The van der Waals surface area contributed by atoms with E-state index in [1.807, 2.05) is 24.3 Å². The van der Waals surface area contributed by atoms with Crippen LogP contribution in [-0.2, 0) is 0 Å². The molecule has 0 spiro atoms. The van der Waals surface area contributed by atoms with Crippen LogP contribution < -0.4 is 0 Å². The molecule has 0 aliphatic rings. The fourth-order valence-corrected chi connectivity index (χ4v) is 15.5. The SMILES string of the molecule is N#Cc1c(-c2nc(-n3c4ccccc4c4cc5c(cc43)[nH]c3ccccc35)cc(-n3c4ccccc4c4cc5c6ccccc6n(-c6ccccc6)c5cc43)n2)c(-c2ccccc2)c(-c2ccccc2)c(-c2ccccc2)c1-n1c2ccccc2c2c3ccccc3oc21. The summed E-state index contributed by atoms with van der Waals surface area (Å²) in [5.41, 5.74) is 18.4. The highest BCUT2D eigenvalue weighted by Gasteiger charge is 2.34. The van der Waals surface area contributed by atoms with Gasteiger partial charge < -0.3 is 14.0 Å². The third-order valence-corrected chi connectivity index (χ3v) is 19.4. The summed E-state index contributed by atoms with van der Waals surface area (Å²) in [7, 11) is 0. The van der Waals surface area contributed by atoms with Crippen molar-refractivity contribution in [1.82, 2.24) is 33.2 Å². The minimum atomic E-state index is 0.362. The summed E-state index contributed by atoms with van der Waals surface area (Å²) >= 11 is 0. The van der Waals surface area contributed by atoms with Crippen LogP contribution in [0.1, 0.15) is 5.56 Å². The molecular weight excluding hydrogens is 1150 g/mol. The van der Waals surface area contributed by atoms with Crippen LogP contribution in [0, 0.1) is 11.3 Å². The Morgan fingerprint density at radius 1 is 0.319 bits per heavy atom. The van der Waals surface area contributed by atoms with Gasteiger partial charge in [-0.15, -0.1) is 0 Å². The number of nitrogens with one attached hydrogen (secondary N) is 1. The molecule has 1 N–H and O–H groups in total. The number of fused-ring (bicyclic) bond motifs is 17. The van der Waals surface area contributed by atoms with Crippen LogP contribution in [0.15, 0.2) is 302 Å². The van der Waals surface area contributed by atoms with Gasteiger partial charge in [0.25, 0.3) is 0 Å². The zero-order valence-corrected chi connectivity index (χ0v) is 50.3. The van der Waals surface area contributed by atoms with Crippen molar-refractivity contribution in [2.45, 2.75) is 0 Å². The van der Waals surface area contributed by atoms with E-state index in [-0.39, 0.29) is 0 Å². The monoisotopic (exact) mass is 1200 g/mol. The normalized spacial score (nSPS) is 12.0. The second-order valence-electron chi connectivity index (χ2n) is 24.3. The lowest BCUT2D eigenvalue weighted by Crippen LogP contribution is -2.11. The zero-order valence-electron chi connectivity index (χ0n) is 50.3. The molecule has 0 saturated heterocycles. The van der Waals surface area contributed by atoms with E-state index in [0.717, 1.165) is 148 Å². The highest BCUT2D eigenvalue weighted by molar-refractivity contribution is 6.23. The molecule has 7 heterocycles. The Morgan fingerprint density at radius 3 is 1.34 bits per heavy atom. The van der Waals surface area contributed by atoms with Gasteiger partial charge in [-0.05, 0) is 89.5 Å². The Balaban J connectivity index is 1.00. The van der Waals surface area contributed by atoms with E-state index < -0.39 is 0 Å². The van der Waals surface area contributed by atoms with Crippen LogP contribution in [0.25, 0.3) is 188 Å². The Bertz CT molecular complexity index is 6600. The van der Waals surface area contributed by atoms with Crippen LogP contribution in [0.4, 0.5) is 0 Å². The molecule has 0 fully saturated rings. The number of rotatable bonds is 8. The second kappa shape index (κ2) is 20.0. The van der Waals surface area contributed by atoms with Crippen molar-refractivity contribution in [3.63, 3.8) is 0 Å². The third-order valence-electron chi connectivity index (χ3n) is 19.4. The van der Waals surface area contributed by atoms with Gasteiger partial charge in [-0.2, -0.15) is 5.26 Å². The average Bonchev–Trinajstić information content (AvgIpc) is 1.64. The molecule has 0 amide bonds. The van der Waals surface area contributed by atoms with Gasteiger partial charge in [0.05, 0.1) is 55.3 Å². The number of H-pyrrole nitrogens is 1. The first-order valence-corrected chi connectivity index (χ1v) is 31.7. The molecule has 0 saturated carbocycles. The summed E-state index contributed by atoms with van der Waals surface area (Å²) in [4.78, 5) is 15.9. The molecule has 0 bridgehead atoms. The van der Waals surface area contributed by atoms with E-state index in [9.17, 15) is 5.26 Å². The smallest absolute Gasteiger partial charge is 0.213 e. The van der Waals surface area contributed by atoms with Crippen molar-refractivity contribution in [1.29, 1.82) is 5.26 Å². The predicted molar refractivity (Wildman–Crippen MR) is 385 cm³/mol. The van der Waals surface area contributed by atoms with Gasteiger partial charge in [-0.1, -0.05) is 218 Å². The average molecular weight is 1200 g/mol. The Labute approximate surface area is 536 Å². The first-order valence-electron chi connectivity index (χ1n) is 31.7. The van der Waals surface area contributed by atoms with E-state index in [4.69, 9.17) is 14.4 Å². The summed E-state index contributed by atoms with van der Waals surface area (Å²) in [6.45, 7) is 0. The summed E-state index contributed by atoms with van der Waals surface area (Å²) in [5.74, 6) is 1.60. The van der Waals surface area contributed by atoms with E-state index >= 15 is 0 Å². The standard InChI is InChI=1S/C85H50N8O/c86-50-65-82(79(52-27-7-2-8-28-52)78(51-25-5-1-6-26-51)80(53-29-9-3-10-30-53)83(65)93-71-43-23-17-37-59(71)81-60-38-18-24-44-75(60)94-85(81)93)84-88-76(91-69-41-21-15-35-57(69)62-45-61-55-33-13-19-39-66(55)87-67(61)47-72(62)91)49-77(89-84)92-70-42-22-16-36-58(70)64-46-63-56-34-14-20-40-68(56)90(73(63)48-74(64)92)54-31-11-4-12-32-54/h1-49,87H. The molecule has 0 radical (unpaired) electrons. The summed E-state index contributed by atoms with van der Waals surface area (Å²) in [6.07, 6.45) is 0. The molecule has 20 rings (SSSR count). The molecule has 0 atom stereocenters. The quantitative estimate of drug-likeness (QED) is 0.164. The molecule has 94 heavy (non-hydrogen) atoms. The molecule has 0 unspecified atom stereocenters. The lowest BCUT2D eigenvalue weighted by atomic mass is 9.80. The first kappa shape index (κ1) is 51.8. The Kier molecular flexibility index (Phi) is 11.0. The first-order chi connectivity index (χ1) is 46.6. The molecule has 9 heteroatoms. The molecule has 0 aliphatic carbocycles. The van der Waals surface area contributed by atoms with Crippen molar-refractivity contribution >= 4 is 120 Å². The van der Waals surface area contributed by atoms with Crippen molar-refractivity contribution in [3.05, 3.63) is 303 Å². The molecule has 0 aliphatic heterocycles. The number of hydrogen-bond acceptors (Lipinski definition) is 4. The van der Waals surface area contributed by atoms with Crippen LogP contribution in [0.5, 0.6) is 0 Å². The number of furan rings is 1. The van der Waals surface area contributed by atoms with Gasteiger partial charge in [0, 0.05) is 98.9 Å². The molecule has 436 valence electrons. The van der Waals surface area contributed by atoms with Crippen molar-refractivity contribution in [2.75, 3.05) is 0 Å². The molecule has 20 aromatic rings. The Morgan fingerprint density at radius 2 is 0.755 bits per heavy atom. The van der Waals surface area contributed by atoms with Gasteiger partial charge >= 0.3 is 0 Å². The van der Waals surface area contributed by atoms with Crippen LogP contribution in [0.2, 0.25) is 0 Å². The van der Waals surface area contributed by atoms with Crippen molar-refractivity contribution in [2.24, 2.45) is 0 Å². The number of nitrogens with zero attached hydrogens (tertiary/aromatic N) is 7. The lowest BCUT2D eigenvalue weighted by Gasteiger charge is -2.26. The fourth-order valence-electron chi connectivity index (χ4n) is 15.5. The van der Waals surface area contributed by atoms with Crippen LogP contribution >= 0.6 is 0 Å². The van der Waals surface area contributed by atoms with Crippen molar-refractivity contribution < 1.29 is 4.42 Å². The fraction of sp³-hybridized carbons (Fsp3) is 0. The van der Waals surface area contributed by atoms with E-state index in [1.165, 1.54) is 5.39 Å². The molecular formula is C85H50N8O. The minimum Gasteiger partial charge on any atom is -0.439 e. The summed E-state index contributed by atoms with van der Waals surface area (Å²) < 4.78 is 16.4. The molecule has 9 nitrogen and oxygen atoms in total. The highest BCUT2D eigenvalue weighted by Crippen LogP contribution is 2.53. The summed E-state index contributed by atoms with van der Waals surface area (Å²) in [6, 6.07) is 108. The molecule has 13 aromatic carbocycles. The Hall–Kier alpha value is -13.0. The third kappa shape index (κ3) is 7.38. The highest BCUT2D eigenvalue weighted by atomic mass is 16.3. The minimum absolute atomic E-state index is 0.362. The number of para-hydroxylation sites is 7. The maximum absolute atomic E-state index is 12.9. The summed E-state index contributed by atoms with van der Waals surface area (Å²) in [5, 5.41) is 24.8. The van der Waals surface area contributed by atoms with Gasteiger partial charge in [0.15, 0.2) is 5.82 Å². The zero-order chi connectivity index (χ0) is 61.7. The maximum atomic E-state index is 12.9. The van der Waals surface area contributed by atoms with Crippen molar-refractivity contribution in [3.8, 4) is 73.8 Å². The number of aromatic amines is 1. The van der Waals surface area contributed by atoms with Gasteiger partial charge in [0.2, 0.25) is 5.71 Å². The number of benzene rings is 13. The predicted octanol–water partition coefficient (Wildman–Crippen LogP) is 21.8. The van der Waals surface area contributed by atoms with Gasteiger partial charge in [-0.25, -0.2) is 9.97 Å². The molecule has 7 aromatic heterocycles. The van der Waals surface area contributed by atoms with Crippen LogP contribution in [-0.4, -0.2) is 33.2 Å². The largest absolute Gasteiger partial charge is 0.439 e. The van der Waals surface area contributed by atoms with E-state index in [0.29, 0.717) is 40.0 Å². The second-order valence-corrected chi connectivity index (χ2v) is 24.3. The lowest BCUT2D eigenvalue weighted by molar-refractivity contribution is 0.645. The topological polar surface area (TPSA) is 98.2 Å². The van der Waals surface area contributed by atoms with Crippen LogP contribution in [0.3, 0.4) is 0 Å². The number of nitriles is 1. The number of hydrogen-bond donors (Lipinski definition) is 1. The number of aromatic nitrogens is 7. The van der Waals surface area contributed by atoms with Gasteiger partial charge in [0.1, 0.15) is 23.3 Å². The van der Waals surface area contributed by atoms with E-state index in [2.05, 4.69) is 302 Å².